The van der Waals surface area contributed by atoms with Crippen LogP contribution in [0.25, 0.3) is 22.0 Å². The van der Waals surface area contributed by atoms with E-state index in [9.17, 15) is 22.4 Å². The number of benzene rings is 4. The zero-order valence-electron chi connectivity index (χ0n) is 19.6. The number of fused-ring (bicyclic) bond motifs is 1. The SMILES string of the molecule is O=C(c1ccccc1)c1cnc2c(C(F)(F)F)cccc2c1-c1cccc(OCc2ccc(F)cc2Cl)c1. The summed E-state index contributed by atoms with van der Waals surface area (Å²) in [5.41, 5.74) is 0.709. The van der Waals surface area contributed by atoms with Crippen molar-refractivity contribution in [2.45, 2.75) is 12.8 Å². The van der Waals surface area contributed by atoms with Gasteiger partial charge in [0.2, 0.25) is 0 Å². The van der Waals surface area contributed by atoms with Crippen LogP contribution in [-0.2, 0) is 12.8 Å². The fourth-order valence-electron chi connectivity index (χ4n) is 4.22. The minimum Gasteiger partial charge on any atom is -0.489 e. The van der Waals surface area contributed by atoms with Crippen molar-refractivity contribution < 1.29 is 27.1 Å². The number of carbonyl (C=O) groups excluding carboxylic acids is 1. The highest BCUT2D eigenvalue weighted by Crippen LogP contribution is 2.39. The van der Waals surface area contributed by atoms with Crippen LogP contribution in [0.5, 0.6) is 5.75 Å². The molecule has 0 unspecified atom stereocenters. The van der Waals surface area contributed by atoms with E-state index >= 15 is 0 Å². The van der Waals surface area contributed by atoms with Crippen LogP contribution in [0.15, 0.2) is 97.2 Å². The quantitative estimate of drug-likeness (QED) is 0.161. The van der Waals surface area contributed by atoms with Gasteiger partial charge < -0.3 is 4.74 Å². The highest BCUT2D eigenvalue weighted by molar-refractivity contribution is 6.31. The van der Waals surface area contributed by atoms with Crippen LogP contribution in [0.1, 0.15) is 27.0 Å². The van der Waals surface area contributed by atoms with Gasteiger partial charge in [-0.1, -0.05) is 72.3 Å². The third-order valence-electron chi connectivity index (χ3n) is 6.02. The summed E-state index contributed by atoms with van der Waals surface area (Å²) >= 11 is 6.10. The van der Waals surface area contributed by atoms with Gasteiger partial charge in [0.25, 0.3) is 0 Å². The lowest BCUT2D eigenvalue weighted by molar-refractivity contribution is -0.136. The van der Waals surface area contributed by atoms with Gasteiger partial charge in [-0.15, -0.1) is 0 Å². The number of rotatable bonds is 6. The Morgan fingerprint density at radius 3 is 2.39 bits per heavy atom. The molecule has 0 amide bonds. The fraction of sp³-hybridized carbons (Fsp3) is 0.0667. The van der Waals surface area contributed by atoms with Gasteiger partial charge in [-0.25, -0.2) is 4.39 Å². The van der Waals surface area contributed by atoms with Crippen molar-refractivity contribution in [3.05, 3.63) is 130 Å². The monoisotopic (exact) mass is 535 g/mol. The van der Waals surface area contributed by atoms with E-state index in [2.05, 4.69) is 4.98 Å². The fourth-order valence-corrected chi connectivity index (χ4v) is 4.44. The molecule has 1 heterocycles. The normalized spacial score (nSPS) is 11.5. The molecular weight excluding hydrogens is 518 g/mol. The lowest BCUT2D eigenvalue weighted by Gasteiger charge is -2.16. The second-order valence-corrected chi connectivity index (χ2v) is 8.90. The summed E-state index contributed by atoms with van der Waals surface area (Å²) in [5, 5.41) is 0.386. The number of aromatic nitrogens is 1. The van der Waals surface area contributed by atoms with Crippen molar-refractivity contribution in [2.75, 3.05) is 0 Å². The number of carbonyl (C=O) groups is 1. The Labute approximate surface area is 220 Å². The van der Waals surface area contributed by atoms with Crippen LogP contribution < -0.4 is 4.74 Å². The first-order valence-electron chi connectivity index (χ1n) is 11.5. The number of para-hydroxylation sites is 1. The molecule has 4 aromatic carbocycles. The van der Waals surface area contributed by atoms with Crippen LogP contribution in [0.4, 0.5) is 17.6 Å². The molecule has 0 N–H and O–H groups in total. The topological polar surface area (TPSA) is 39.2 Å². The lowest BCUT2D eigenvalue weighted by atomic mass is 9.91. The zero-order valence-corrected chi connectivity index (χ0v) is 20.4. The number of pyridine rings is 1. The molecule has 0 saturated heterocycles. The average molecular weight is 536 g/mol. The zero-order chi connectivity index (χ0) is 26.9. The molecule has 0 radical (unpaired) electrons. The van der Waals surface area contributed by atoms with Crippen molar-refractivity contribution >= 4 is 28.3 Å². The molecule has 0 bridgehead atoms. The number of hydrogen-bond donors (Lipinski definition) is 0. The van der Waals surface area contributed by atoms with Crippen LogP contribution >= 0.6 is 11.6 Å². The van der Waals surface area contributed by atoms with E-state index in [-0.39, 0.29) is 33.9 Å². The van der Waals surface area contributed by atoms with E-state index < -0.39 is 17.6 Å². The molecule has 3 nitrogen and oxygen atoms in total. The maximum Gasteiger partial charge on any atom is 0.418 e. The molecule has 0 aliphatic rings. The van der Waals surface area contributed by atoms with E-state index in [0.29, 0.717) is 28.0 Å². The molecule has 8 heteroatoms. The average Bonchev–Trinajstić information content (AvgIpc) is 2.91. The van der Waals surface area contributed by atoms with Gasteiger partial charge >= 0.3 is 6.18 Å². The number of ether oxygens (including phenoxy) is 1. The summed E-state index contributed by atoms with van der Waals surface area (Å²) in [7, 11) is 0. The Hall–Kier alpha value is -4.23. The molecule has 0 aliphatic heterocycles. The largest absolute Gasteiger partial charge is 0.489 e. The van der Waals surface area contributed by atoms with Gasteiger partial charge in [0.1, 0.15) is 18.2 Å². The standard InChI is InChI=1S/C30H18ClF4NO2/c31-26-15-21(32)13-12-20(26)17-38-22-9-4-8-19(14-22)27-23-10-5-11-25(30(33,34)35)28(23)36-16-24(27)29(37)18-6-2-1-3-7-18/h1-16H,17H2. The maximum atomic E-state index is 13.8. The van der Waals surface area contributed by atoms with Gasteiger partial charge in [-0.05, 0) is 35.9 Å². The molecule has 0 saturated carbocycles. The van der Waals surface area contributed by atoms with Gasteiger partial charge in [0.05, 0.1) is 16.1 Å². The lowest BCUT2D eigenvalue weighted by Crippen LogP contribution is -2.09. The van der Waals surface area contributed by atoms with E-state index in [4.69, 9.17) is 16.3 Å². The number of halogens is 5. The van der Waals surface area contributed by atoms with Gasteiger partial charge in [0.15, 0.2) is 5.78 Å². The summed E-state index contributed by atoms with van der Waals surface area (Å²) in [6, 6.07) is 22.8. The van der Waals surface area contributed by atoms with Crippen molar-refractivity contribution in [2.24, 2.45) is 0 Å². The maximum absolute atomic E-state index is 13.8. The minimum absolute atomic E-state index is 0.0354. The van der Waals surface area contributed by atoms with E-state index in [1.165, 1.54) is 36.5 Å². The second kappa shape index (κ2) is 10.3. The van der Waals surface area contributed by atoms with E-state index in [0.717, 1.165) is 6.07 Å². The van der Waals surface area contributed by atoms with Crippen molar-refractivity contribution in [3.63, 3.8) is 0 Å². The molecular formula is C30H18ClF4NO2. The van der Waals surface area contributed by atoms with Crippen LogP contribution in [-0.4, -0.2) is 10.8 Å². The Balaban J connectivity index is 1.64. The molecule has 38 heavy (non-hydrogen) atoms. The first kappa shape index (κ1) is 25.4. The van der Waals surface area contributed by atoms with E-state index in [1.54, 1.807) is 54.6 Å². The molecule has 5 rings (SSSR count). The van der Waals surface area contributed by atoms with Gasteiger partial charge in [0, 0.05) is 33.8 Å². The van der Waals surface area contributed by atoms with Gasteiger partial charge in [-0.3, -0.25) is 9.78 Å². The number of hydrogen-bond acceptors (Lipinski definition) is 3. The summed E-state index contributed by atoms with van der Waals surface area (Å²) < 4.78 is 60.6. The molecule has 1 aromatic heterocycles. The summed E-state index contributed by atoms with van der Waals surface area (Å²) in [6.07, 6.45) is -3.44. The Morgan fingerprint density at radius 2 is 1.66 bits per heavy atom. The predicted molar refractivity (Wildman–Crippen MR) is 138 cm³/mol. The minimum atomic E-state index is -4.63. The number of alkyl halides is 3. The molecule has 5 aromatic rings. The third kappa shape index (κ3) is 5.10. The summed E-state index contributed by atoms with van der Waals surface area (Å²) in [6.45, 7) is 0.0354. The Bertz CT molecular complexity index is 1650. The molecule has 0 spiro atoms. The first-order valence-corrected chi connectivity index (χ1v) is 11.9. The molecule has 0 fully saturated rings. The Kier molecular flexibility index (Phi) is 6.87. The second-order valence-electron chi connectivity index (χ2n) is 8.49. The van der Waals surface area contributed by atoms with Crippen LogP contribution in [0.3, 0.4) is 0 Å². The Morgan fingerprint density at radius 1 is 0.895 bits per heavy atom. The number of ketones is 1. The van der Waals surface area contributed by atoms with E-state index in [1.807, 2.05) is 0 Å². The van der Waals surface area contributed by atoms with Crippen LogP contribution in [0.2, 0.25) is 5.02 Å². The predicted octanol–water partition coefficient (Wildman–Crippen LogP) is 8.52. The third-order valence-corrected chi connectivity index (χ3v) is 6.37. The molecule has 0 aliphatic carbocycles. The van der Waals surface area contributed by atoms with Gasteiger partial charge in [-0.2, -0.15) is 13.2 Å². The van der Waals surface area contributed by atoms with Crippen molar-refractivity contribution in [1.82, 2.24) is 4.98 Å². The highest BCUT2D eigenvalue weighted by atomic mass is 35.5. The summed E-state index contributed by atoms with van der Waals surface area (Å²) in [5.74, 6) is -0.464. The van der Waals surface area contributed by atoms with Crippen LogP contribution in [0, 0.1) is 5.82 Å². The van der Waals surface area contributed by atoms with Crippen molar-refractivity contribution in [3.8, 4) is 16.9 Å². The smallest absolute Gasteiger partial charge is 0.418 e. The summed E-state index contributed by atoms with van der Waals surface area (Å²) in [4.78, 5) is 17.6. The van der Waals surface area contributed by atoms with Crippen molar-refractivity contribution in [1.29, 1.82) is 0 Å². The molecule has 0 atom stereocenters. The first-order chi connectivity index (χ1) is 18.2. The molecule has 190 valence electrons. The number of nitrogens with zero attached hydrogens (tertiary/aromatic N) is 1. The highest BCUT2D eigenvalue weighted by Gasteiger charge is 2.34.